The predicted octanol–water partition coefficient (Wildman–Crippen LogP) is 1.63. The third-order valence-corrected chi connectivity index (χ3v) is 3.41. The number of hydrogen-bond acceptors (Lipinski definition) is 3. The number of nitrogens with two attached hydrogens (primary N) is 1. The first-order valence-electron chi connectivity index (χ1n) is 6.75. The maximum Gasteiger partial charge on any atom is 0.261 e. The summed E-state index contributed by atoms with van der Waals surface area (Å²) in [4.78, 5) is 16.6. The first-order valence-corrected chi connectivity index (χ1v) is 6.75. The first-order chi connectivity index (χ1) is 8.50. The Morgan fingerprint density at radius 3 is 2.72 bits per heavy atom. The molecule has 3 N–H and O–H groups in total. The lowest BCUT2D eigenvalue weighted by molar-refractivity contribution is -0.127. The Morgan fingerprint density at radius 2 is 2.11 bits per heavy atom. The number of hydrogen-bond donors (Lipinski definition) is 2. The number of carbonyl (C=O) groups is 1. The van der Waals surface area contributed by atoms with Crippen molar-refractivity contribution in [3.63, 3.8) is 0 Å². The smallest absolute Gasteiger partial charge is 0.261 e. The molecular weight excluding hydrogens is 230 g/mol. The van der Waals surface area contributed by atoms with Gasteiger partial charge >= 0.3 is 0 Å². The monoisotopic (exact) mass is 255 g/mol. The summed E-state index contributed by atoms with van der Waals surface area (Å²) in [6.07, 6.45) is 4.70. The minimum atomic E-state index is -0.117. The van der Waals surface area contributed by atoms with Crippen molar-refractivity contribution in [3.8, 4) is 0 Å². The molecule has 2 atom stereocenters. The van der Waals surface area contributed by atoms with Crippen LogP contribution in [0.5, 0.6) is 0 Å². The van der Waals surface area contributed by atoms with Crippen molar-refractivity contribution in [3.05, 3.63) is 0 Å². The summed E-state index contributed by atoms with van der Waals surface area (Å²) >= 11 is 0. The summed E-state index contributed by atoms with van der Waals surface area (Å²) in [6, 6.07) is 0.279. The molecule has 1 aliphatic rings. The molecule has 0 unspecified atom stereocenters. The van der Waals surface area contributed by atoms with E-state index in [9.17, 15) is 4.79 Å². The van der Waals surface area contributed by atoms with Gasteiger partial charge < -0.3 is 15.9 Å². The van der Waals surface area contributed by atoms with Crippen LogP contribution in [-0.2, 0) is 9.63 Å². The molecule has 18 heavy (non-hydrogen) atoms. The van der Waals surface area contributed by atoms with E-state index < -0.39 is 0 Å². The highest BCUT2D eigenvalue weighted by molar-refractivity contribution is 5.82. The van der Waals surface area contributed by atoms with Crippen LogP contribution in [0, 0.1) is 11.8 Å². The summed E-state index contributed by atoms with van der Waals surface area (Å²) < 4.78 is 0. The Bertz CT molecular complexity index is 303. The number of carbonyl (C=O) groups excluding carboxylic acids is 1. The van der Waals surface area contributed by atoms with E-state index in [-0.39, 0.29) is 24.5 Å². The molecule has 1 aliphatic carbocycles. The van der Waals surface area contributed by atoms with E-state index in [2.05, 4.69) is 17.4 Å². The molecule has 1 fully saturated rings. The molecule has 1 amide bonds. The molecule has 0 aromatic heterocycles. The van der Waals surface area contributed by atoms with Gasteiger partial charge in [0.2, 0.25) is 0 Å². The Morgan fingerprint density at radius 1 is 1.44 bits per heavy atom. The third kappa shape index (κ3) is 4.94. The first kappa shape index (κ1) is 14.8. The van der Waals surface area contributed by atoms with E-state index in [4.69, 9.17) is 10.6 Å². The second kappa shape index (κ2) is 7.24. The van der Waals surface area contributed by atoms with Crippen LogP contribution in [0.4, 0.5) is 0 Å². The Labute approximate surface area is 109 Å². The maximum absolute atomic E-state index is 11.7. The zero-order valence-electron chi connectivity index (χ0n) is 11.6. The Hall–Kier alpha value is -1.26. The number of amidine groups is 1. The van der Waals surface area contributed by atoms with Gasteiger partial charge in [-0.15, -0.1) is 0 Å². The van der Waals surface area contributed by atoms with Crippen LogP contribution in [0.15, 0.2) is 5.16 Å². The average Bonchev–Trinajstić information content (AvgIpc) is 2.32. The lowest BCUT2D eigenvalue weighted by Gasteiger charge is -2.29. The van der Waals surface area contributed by atoms with E-state index >= 15 is 0 Å². The van der Waals surface area contributed by atoms with Crippen molar-refractivity contribution in [1.29, 1.82) is 0 Å². The molecule has 5 heteroatoms. The van der Waals surface area contributed by atoms with Gasteiger partial charge in [-0.2, -0.15) is 0 Å². The van der Waals surface area contributed by atoms with E-state index in [1.54, 1.807) is 0 Å². The molecule has 5 nitrogen and oxygen atoms in total. The topological polar surface area (TPSA) is 76.7 Å². The number of oxime groups is 1. The molecule has 104 valence electrons. The van der Waals surface area contributed by atoms with Gasteiger partial charge in [-0.05, 0) is 18.8 Å². The van der Waals surface area contributed by atoms with Crippen LogP contribution in [0.1, 0.15) is 46.5 Å². The average molecular weight is 255 g/mol. The van der Waals surface area contributed by atoms with E-state index in [1.165, 1.54) is 19.3 Å². The van der Waals surface area contributed by atoms with Gasteiger partial charge in [0.25, 0.3) is 5.91 Å². The normalized spacial score (nSPS) is 25.0. The molecule has 0 aliphatic heterocycles. The van der Waals surface area contributed by atoms with Crippen molar-refractivity contribution >= 4 is 11.7 Å². The van der Waals surface area contributed by atoms with Gasteiger partial charge in [0.05, 0.1) is 0 Å². The highest BCUT2D eigenvalue weighted by Gasteiger charge is 2.22. The van der Waals surface area contributed by atoms with Crippen LogP contribution in [0.2, 0.25) is 0 Å². The summed E-state index contributed by atoms with van der Waals surface area (Å²) in [7, 11) is 0. The molecule has 0 saturated heterocycles. The van der Waals surface area contributed by atoms with E-state index in [0.29, 0.717) is 11.8 Å². The van der Waals surface area contributed by atoms with E-state index in [0.717, 1.165) is 6.42 Å². The van der Waals surface area contributed by atoms with E-state index in [1.807, 2.05) is 13.8 Å². The molecule has 1 saturated carbocycles. The number of amides is 1. The molecule has 0 aromatic carbocycles. The fourth-order valence-electron chi connectivity index (χ4n) is 2.05. The highest BCUT2D eigenvalue weighted by Crippen LogP contribution is 2.23. The summed E-state index contributed by atoms with van der Waals surface area (Å²) in [6.45, 7) is 5.97. The van der Waals surface area contributed by atoms with Gasteiger partial charge in [0.1, 0.15) is 5.84 Å². The van der Waals surface area contributed by atoms with Crippen molar-refractivity contribution in [2.75, 3.05) is 6.61 Å². The minimum absolute atomic E-state index is 0.0589. The zero-order valence-corrected chi connectivity index (χ0v) is 11.6. The van der Waals surface area contributed by atoms with Crippen molar-refractivity contribution in [1.82, 2.24) is 5.32 Å². The van der Waals surface area contributed by atoms with Gasteiger partial charge in [-0.1, -0.05) is 38.8 Å². The SMILES string of the molecule is CC(C)/C(N)=N\OCC(=O)N[C@@H]1CCCC[C@H]1C. The molecular formula is C13H25N3O2. The molecule has 0 spiro atoms. The number of rotatable bonds is 5. The highest BCUT2D eigenvalue weighted by atomic mass is 16.6. The standard InChI is InChI=1S/C13H25N3O2/c1-9(2)13(14)16-18-8-12(17)15-11-7-5-4-6-10(11)3/h9-11H,4-8H2,1-3H3,(H2,14,16)(H,15,17)/t10-,11-/m1/s1. The second-order valence-electron chi connectivity index (χ2n) is 5.38. The zero-order chi connectivity index (χ0) is 13.5. The van der Waals surface area contributed by atoms with Crippen molar-refractivity contribution < 1.29 is 9.63 Å². The summed E-state index contributed by atoms with van der Waals surface area (Å²) in [5.74, 6) is 0.973. The summed E-state index contributed by atoms with van der Waals surface area (Å²) in [5.41, 5.74) is 5.60. The predicted molar refractivity (Wildman–Crippen MR) is 72.0 cm³/mol. The van der Waals surface area contributed by atoms with Crippen LogP contribution < -0.4 is 11.1 Å². The summed E-state index contributed by atoms with van der Waals surface area (Å²) in [5, 5.41) is 6.71. The Kier molecular flexibility index (Phi) is 5.95. The number of nitrogens with one attached hydrogen (secondary N) is 1. The van der Waals surface area contributed by atoms with Gasteiger partial charge in [-0.3, -0.25) is 4.79 Å². The lowest BCUT2D eigenvalue weighted by Crippen LogP contribution is -2.42. The minimum Gasteiger partial charge on any atom is -0.384 e. The van der Waals surface area contributed by atoms with Crippen molar-refractivity contribution in [2.45, 2.75) is 52.5 Å². The molecule has 0 heterocycles. The quantitative estimate of drug-likeness (QED) is 0.445. The van der Waals surface area contributed by atoms with Crippen LogP contribution >= 0.6 is 0 Å². The fraction of sp³-hybridized carbons (Fsp3) is 0.846. The lowest BCUT2D eigenvalue weighted by atomic mass is 9.86. The second-order valence-corrected chi connectivity index (χ2v) is 5.38. The molecule has 0 radical (unpaired) electrons. The van der Waals surface area contributed by atoms with Gasteiger partial charge in [-0.25, -0.2) is 0 Å². The molecule has 0 bridgehead atoms. The van der Waals surface area contributed by atoms with Gasteiger partial charge in [0.15, 0.2) is 6.61 Å². The number of nitrogens with zero attached hydrogens (tertiary/aromatic N) is 1. The fourth-order valence-corrected chi connectivity index (χ4v) is 2.05. The van der Waals surface area contributed by atoms with Gasteiger partial charge in [0, 0.05) is 12.0 Å². The van der Waals surface area contributed by atoms with Crippen LogP contribution in [0.25, 0.3) is 0 Å². The Balaban J connectivity index is 2.27. The molecule has 1 rings (SSSR count). The largest absolute Gasteiger partial charge is 0.384 e. The van der Waals surface area contributed by atoms with Crippen LogP contribution in [-0.4, -0.2) is 24.4 Å². The van der Waals surface area contributed by atoms with Crippen molar-refractivity contribution in [2.24, 2.45) is 22.7 Å². The van der Waals surface area contributed by atoms with Crippen LogP contribution in [0.3, 0.4) is 0 Å². The maximum atomic E-state index is 11.7. The molecule has 0 aromatic rings. The third-order valence-electron chi connectivity index (χ3n) is 3.41.